The molecule has 42 heavy (non-hydrogen) atoms. The normalized spacial score (nSPS) is 21.0. The van der Waals surface area contributed by atoms with E-state index in [1.165, 1.54) is 6.92 Å². The fourth-order valence-corrected chi connectivity index (χ4v) is 5.16. The number of carbonyl (C=O) groups excluding carboxylic acids is 2. The SMILES string of the molecule is C=CCN(C)CC1OC(c2cccc(NC(=O)NC(Cc3ccccc3)C(C)=O)c2)OC(c2ccc(CO)cc2)C1C. The maximum absolute atomic E-state index is 12.9. The Labute approximate surface area is 248 Å². The van der Waals surface area contributed by atoms with Gasteiger partial charge in [-0.15, -0.1) is 6.58 Å². The van der Waals surface area contributed by atoms with Gasteiger partial charge >= 0.3 is 6.03 Å². The zero-order valence-corrected chi connectivity index (χ0v) is 24.5. The number of rotatable bonds is 12. The number of likely N-dealkylation sites (N-methyl/N-ethyl adjacent to an activating group) is 1. The molecule has 222 valence electrons. The van der Waals surface area contributed by atoms with Crippen molar-refractivity contribution in [2.45, 2.75) is 51.4 Å². The van der Waals surface area contributed by atoms with Gasteiger partial charge in [0.25, 0.3) is 0 Å². The number of benzene rings is 3. The first-order valence-electron chi connectivity index (χ1n) is 14.3. The highest BCUT2D eigenvalue weighted by Gasteiger charge is 2.38. The zero-order valence-electron chi connectivity index (χ0n) is 24.5. The standard InChI is InChI=1S/C34H41N3O5/c1-5-18-37(4)21-31-23(2)32(27-16-14-26(22-38)15-17-27)42-33(41-31)28-12-9-13-29(20-28)35-34(40)36-30(24(3)39)19-25-10-7-6-8-11-25/h5-17,20,23,30-33,38H,1,18-19,21-22H2,2-4H3,(H2,35,36,40). The van der Waals surface area contributed by atoms with Crippen molar-refractivity contribution in [1.29, 1.82) is 0 Å². The second kappa shape index (κ2) is 14.9. The van der Waals surface area contributed by atoms with E-state index >= 15 is 0 Å². The van der Waals surface area contributed by atoms with Crippen LogP contribution in [0.25, 0.3) is 0 Å². The van der Waals surface area contributed by atoms with Crippen molar-refractivity contribution < 1.29 is 24.2 Å². The van der Waals surface area contributed by atoms with E-state index in [2.05, 4.69) is 29.0 Å². The predicted octanol–water partition coefficient (Wildman–Crippen LogP) is 5.41. The van der Waals surface area contributed by atoms with Crippen molar-refractivity contribution in [2.24, 2.45) is 5.92 Å². The van der Waals surface area contributed by atoms with E-state index in [9.17, 15) is 14.7 Å². The molecule has 0 aromatic heterocycles. The van der Waals surface area contributed by atoms with Crippen LogP contribution < -0.4 is 10.6 Å². The van der Waals surface area contributed by atoms with E-state index in [-0.39, 0.29) is 30.5 Å². The van der Waals surface area contributed by atoms with Crippen LogP contribution in [0.3, 0.4) is 0 Å². The first kappa shape index (κ1) is 31.1. The molecule has 1 fully saturated rings. The summed E-state index contributed by atoms with van der Waals surface area (Å²) in [7, 11) is 2.03. The van der Waals surface area contributed by atoms with Gasteiger partial charge in [0.15, 0.2) is 12.1 Å². The van der Waals surface area contributed by atoms with Gasteiger partial charge in [-0.05, 0) is 49.2 Å². The summed E-state index contributed by atoms with van der Waals surface area (Å²) in [6.45, 7) is 8.85. The Hall–Kier alpha value is -3.82. The largest absolute Gasteiger partial charge is 0.392 e. The summed E-state index contributed by atoms with van der Waals surface area (Å²) in [6, 6.07) is 23.6. The van der Waals surface area contributed by atoms with Crippen molar-refractivity contribution in [3.63, 3.8) is 0 Å². The molecule has 0 bridgehead atoms. The Bertz CT molecular complexity index is 1330. The van der Waals surface area contributed by atoms with Crippen LogP contribution in [-0.4, -0.2) is 54.1 Å². The third kappa shape index (κ3) is 8.36. The molecule has 4 rings (SSSR count). The third-order valence-corrected chi connectivity index (χ3v) is 7.55. The molecular formula is C34H41N3O5. The summed E-state index contributed by atoms with van der Waals surface area (Å²) < 4.78 is 13.1. The minimum atomic E-state index is -0.668. The number of hydrogen-bond acceptors (Lipinski definition) is 6. The van der Waals surface area contributed by atoms with Crippen LogP contribution in [0.15, 0.2) is 91.5 Å². The molecule has 2 amide bonds. The number of aliphatic hydroxyl groups is 1. The minimum absolute atomic E-state index is 0.0190. The highest BCUT2D eigenvalue weighted by Crippen LogP contribution is 2.42. The molecule has 0 aliphatic carbocycles. The summed E-state index contributed by atoms with van der Waals surface area (Å²) in [5, 5.41) is 15.2. The number of nitrogens with one attached hydrogen (secondary N) is 2. The van der Waals surface area contributed by atoms with Gasteiger partial charge in [-0.3, -0.25) is 4.79 Å². The lowest BCUT2D eigenvalue weighted by Gasteiger charge is -2.42. The zero-order chi connectivity index (χ0) is 30.1. The highest BCUT2D eigenvalue weighted by atomic mass is 16.7. The van der Waals surface area contributed by atoms with Gasteiger partial charge < -0.3 is 30.1 Å². The van der Waals surface area contributed by atoms with E-state index in [1.807, 2.05) is 85.9 Å². The van der Waals surface area contributed by atoms with Crippen LogP contribution in [-0.2, 0) is 27.3 Å². The second-order valence-corrected chi connectivity index (χ2v) is 10.9. The number of hydrogen-bond donors (Lipinski definition) is 3. The highest BCUT2D eigenvalue weighted by molar-refractivity contribution is 5.93. The number of ether oxygens (including phenoxy) is 2. The number of nitrogens with zero attached hydrogens (tertiary/aromatic N) is 1. The Morgan fingerprint density at radius 2 is 1.74 bits per heavy atom. The maximum atomic E-state index is 12.9. The summed E-state index contributed by atoms with van der Waals surface area (Å²) >= 11 is 0. The average molecular weight is 572 g/mol. The molecule has 8 nitrogen and oxygen atoms in total. The van der Waals surface area contributed by atoms with Crippen LogP contribution in [0.4, 0.5) is 10.5 Å². The second-order valence-electron chi connectivity index (χ2n) is 10.9. The number of amides is 2. The minimum Gasteiger partial charge on any atom is -0.392 e. The number of urea groups is 1. The van der Waals surface area contributed by atoms with Crippen LogP contribution in [0.5, 0.6) is 0 Å². The molecule has 5 atom stereocenters. The molecule has 0 radical (unpaired) electrons. The van der Waals surface area contributed by atoms with Gasteiger partial charge in [-0.2, -0.15) is 0 Å². The molecule has 3 aromatic rings. The molecule has 3 aromatic carbocycles. The molecule has 1 saturated heterocycles. The third-order valence-electron chi connectivity index (χ3n) is 7.55. The summed E-state index contributed by atoms with van der Waals surface area (Å²) in [5.41, 5.74) is 4.13. The predicted molar refractivity (Wildman–Crippen MR) is 164 cm³/mol. The van der Waals surface area contributed by atoms with Gasteiger partial charge in [0.2, 0.25) is 0 Å². The van der Waals surface area contributed by atoms with E-state index < -0.39 is 18.4 Å². The van der Waals surface area contributed by atoms with Crippen LogP contribution in [0.2, 0.25) is 0 Å². The molecule has 0 saturated carbocycles. The van der Waals surface area contributed by atoms with Crippen molar-refractivity contribution in [2.75, 3.05) is 25.5 Å². The van der Waals surface area contributed by atoms with Crippen LogP contribution in [0.1, 0.15) is 48.5 Å². The van der Waals surface area contributed by atoms with E-state index in [0.717, 1.165) is 28.8 Å². The fourth-order valence-electron chi connectivity index (χ4n) is 5.16. The fraction of sp³-hybridized carbons (Fsp3) is 0.353. The lowest BCUT2D eigenvalue weighted by molar-refractivity contribution is -0.275. The van der Waals surface area contributed by atoms with Gasteiger partial charge in [0, 0.05) is 30.3 Å². The lowest BCUT2D eigenvalue weighted by atomic mass is 9.90. The molecule has 0 spiro atoms. The topological polar surface area (TPSA) is 100 Å². The molecular weight excluding hydrogens is 530 g/mol. The molecule has 1 aliphatic heterocycles. The van der Waals surface area contributed by atoms with Gasteiger partial charge in [0.05, 0.1) is 24.9 Å². The Morgan fingerprint density at radius 1 is 1.00 bits per heavy atom. The van der Waals surface area contributed by atoms with Gasteiger partial charge in [-0.25, -0.2) is 4.79 Å². The van der Waals surface area contributed by atoms with E-state index in [0.29, 0.717) is 18.7 Å². The van der Waals surface area contributed by atoms with Crippen LogP contribution >= 0.6 is 0 Å². The van der Waals surface area contributed by atoms with Crippen molar-refractivity contribution in [3.05, 3.63) is 114 Å². The Morgan fingerprint density at radius 3 is 2.40 bits per heavy atom. The molecule has 1 heterocycles. The first-order chi connectivity index (χ1) is 20.3. The van der Waals surface area contributed by atoms with Crippen molar-refractivity contribution in [3.8, 4) is 0 Å². The lowest BCUT2D eigenvalue weighted by Crippen LogP contribution is -2.44. The summed E-state index contributed by atoms with van der Waals surface area (Å²) in [6.07, 6.45) is 1.23. The average Bonchev–Trinajstić information content (AvgIpc) is 2.98. The number of anilines is 1. The van der Waals surface area contributed by atoms with Gasteiger partial charge in [-0.1, -0.05) is 79.7 Å². The summed E-state index contributed by atoms with van der Waals surface area (Å²) in [4.78, 5) is 27.3. The number of Topliss-reactive ketones (excluding diaryl/α,β-unsaturated/α-hetero) is 1. The van der Waals surface area contributed by atoms with Gasteiger partial charge in [0.1, 0.15) is 0 Å². The number of aliphatic hydroxyl groups excluding tert-OH is 1. The van der Waals surface area contributed by atoms with Crippen molar-refractivity contribution in [1.82, 2.24) is 10.2 Å². The number of ketones is 1. The molecule has 8 heteroatoms. The van der Waals surface area contributed by atoms with E-state index in [4.69, 9.17) is 9.47 Å². The van der Waals surface area contributed by atoms with Crippen LogP contribution in [0, 0.1) is 5.92 Å². The summed E-state index contributed by atoms with van der Waals surface area (Å²) in [5.74, 6) is -0.0693. The first-order valence-corrected chi connectivity index (χ1v) is 14.3. The Balaban J connectivity index is 1.50. The smallest absolute Gasteiger partial charge is 0.319 e. The van der Waals surface area contributed by atoms with E-state index in [1.54, 1.807) is 6.07 Å². The Kier molecular flexibility index (Phi) is 11.0. The molecule has 3 N–H and O–H groups in total. The maximum Gasteiger partial charge on any atom is 0.319 e. The quantitative estimate of drug-likeness (QED) is 0.252. The van der Waals surface area contributed by atoms with Crippen molar-refractivity contribution >= 4 is 17.5 Å². The monoisotopic (exact) mass is 571 g/mol. The molecule has 1 aliphatic rings. The molecule has 5 unspecified atom stereocenters. The number of carbonyl (C=O) groups is 2.